The fourth-order valence-corrected chi connectivity index (χ4v) is 2.05. The van der Waals surface area contributed by atoms with E-state index in [0.29, 0.717) is 19.0 Å². The highest BCUT2D eigenvalue weighted by atomic mass is 16.3. The van der Waals surface area contributed by atoms with E-state index in [9.17, 15) is 0 Å². The summed E-state index contributed by atoms with van der Waals surface area (Å²) in [5, 5.41) is 8.10. The van der Waals surface area contributed by atoms with Gasteiger partial charge in [0, 0.05) is 18.2 Å². The van der Waals surface area contributed by atoms with Gasteiger partial charge in [-0.2, -0.15) is 0 Å². The molecule has 0 atom stereocenters. The molecule has 0 spiro atoms. The largest absolute Gasteiger partial charge is 0.444 e. The van der Waals surface area contributed by atoms with E-state index in [1.165, 1.54) is 5.56 Å². The fourth-order valence-electron chi connectivity index (χ4n) is 2.05. The predicted octanol–water partition coefficient (Wildman–Crippen LogP) is 1.79. The predicted molar refractivity (Wildman–Crippen MR) is 78.6 cm³/mol. The van der Waals surface area contributed by atoms with Crippen molar-refractivity contribution in [2.75, 3.05) is 6.54 Å². The van der Waals surface area contributed by atoms with Gasteiger partial charge in [0.25, 0.3) is 0 Å². The first-order chi connectivity index (χ1) is 10.2. The average Bonchev–Trinajstić information content (AvgIpc) is 3.11. The van der Waals surface area contributed by atoms with Gasteiger partial charge in [-0.3, -0.25) is 0 Å². The summed E-state index contributed by atoms with van der Waals surface area (Å²) in [5.41, 5.74) is 9.38. The molecule has 0 aliphatic carbocycles. The Morgan fingerprint density at radius 2 is 2.00 bits per heavy atom. The molecule has 2 aromatic heterocycles. The number of oxazole rings is 1. The molecule has 6 heteroatoms. The molecule has 3 aromatic rings. The second-order valence-corrected chi connectivity index (χ2v) is 4.96. The topological polar surface area (TPSA) is 82.8 Å². The average molecular weight is 283 g/mol. The van der Waals surface area contributed by atoms with Crippen molar-refractivity contribution in [1.82, 2.24) is 20.0 Å². The highest BCUT2D eigenvalue weighted by Crippen LogP contribution is 2.19. The summed E-state index contributed by atoms with van der Waals surface area (Å²) in [4.78, 5) is 4.48. The van der Waals surface area contributed by atoms with E-state index in [2.05, 4.69) is 22.2 Å². The number of aromatic nitrogens is 4. The van der Waals surface area contributed by atoms with Gasteiger partial charge in [0.05, 0.1) is 12.2 Å². The van der Waals surface area contributed by atoms with Crippen LogP contribution in [0.3, 0.4) is 0 Å². The first-order valence-electron chi connectivity index (χ1n) is 6.85. The van der Waals surface area contributed by atoms with Crippen molar-refractivity contribution in [3.63, 3.8) is 0 Å². The van der Waals surface area contributed by atoms with Crippen LogP contribution in [0.2, 0.25) is 0 Å². The molecule has 2 N–H and O–H groups in total. The molecule has 0 radical (unpaired) electrons. The lowest BCUT2D eigenvalue weighted by Crippen LogP contribution is -2.03. The van der Waals surface area contributed by atoms with Crippen molar-refractivity contribution in [2.24, 2.45) is 5.73 Å². The van der Waals surface area contributed by atoms with Crippen LogP contribution in [0.15, 0.2) is 41.1 Å². The quantitative estimate of drug-likeness (QED) is 0.772. The third-order valence-electron chi connectivity index (χ3n) is 3.16. The maximum Gasteiger partial charge on any atom is 0.226 e. The third-order valence-corrected chi connectivity index (χ3v) is 3.16. The van der Waals surface area contributed by atoms with Crippen LogP contribution in [0, 0.1) is 6.92 Å². The highest BCUT2D eigenvalue weighted by Gasteiger charge is 2.08. The lowest BCUT2D eigenvalue weighted by Gasteiger charge is -1.96. The van der Waals surface area contributed by atoms with Crippen LogP contribution >= 0.6 is 0 Å². The molecule has 3 rings (SSSR count). The normalized spacial score (nSPS) is 11.0. The minimum absolute atomic E-state index is 0.535. The Morgan fingerprint density at radius 1 is 1.19 bits per heavy atom. The molecule has 6 nitrogen and oxygen atoms in total. The lowest BCUT2D eigenvalue weighted by atomic mass is 10.1. The van der Waals surface area contributed by atoms with Crippen molar-refractivity contribution in [3.05, 3.63) is 53.7 Å². The van der Waals surface area contributed by atoms with E-state index in [0.717, 1.165) is 23.4 Å². The minimum Gasteiger partial charge on any atom is -0.444 e. The zero-order valence-corrected chi connectivity index (χ0v) is 11.9. The van der Waals surface area contributed by atoms with Gasteiger partial charge in [0.2, 0.25) is 5.89 Å². The van der Waals surface area contributed by atoms with E-state index in [-0.39, 0.29) is 0 Å². The number of nitrogens with two attached hydrogens (primary N) is 1. The van der Waals surface area contributed by atoms with Gasteiger partial charge < -0.3 is 10.2 Å². The van der Waals surface area contributed by atoms with E-state index in [1.54, 1.807) is 10.9 Å². The standard InChI is InChI=1S/C15H17N5O/c1-11-2-4-12(5-3-11)15-17-14(10-21-15)9-20-8-13(6-7-16)18-19-20/h2-5,8,10H,6-7,9,16H2,1H3. The molecule has 0 aliphatic heterocycles. The summed E-state index contributed by atoms with van der Waals surface area (Å²) in [6, 6.07) is 8.07. The second-order valence-electron chi connectivity index (χ2n) is 4.96. The minimum atomic E-state index is 0.535. The van der Waals surface area contributed by atoms with E-state index in [1.807, 2.05) is 30.5 Å². The zero-order valence-electron chi connectivity index (χ0n) is 11.9. The molecule has 0 aliphatic rings. The Bertz CT molecular complexity index is 714. The fraction of sp³-hybridized carbons (Fsp3) is 0.267. The molecule has 21 heavy (non-hydrogen) atoms. The molecular weight excluding hydrogens is 266 g/mol. The van der Waals surface area contributed by atoms with E-state index < -0.39 is 0 Å². The van der Waals surface area contributed by atoms with Gasteiger partial charge in [-0.25, -0.2) is 9.67 Å². The molecule has 0 unspecified atom stereocenters. The van der Waals surface area contributed by atoms with Crippen LogP contribution in [-0.4, -0.2) is 26.5 Å². The van der Waals surface area contributed by atoms with Crippen LogP contribution in [0.4, 0.5) is 0 Å². The van der Waals surface area contributed by atoms with Gasteiger partial charge in [0.15, 0.2) is 0 Å². The lowest BCUT2D eigenvalue weighted by molar-refractivity contribution is 0.568. The number of hydrogen-bond acceptors (Lipinski definition) is 5. The summed E-state index contributed by atoms with van der Waals surface area (Å²) in [7, 11) is 0. The maximum absolute atomic E-state index is 5.52. The number of hydrogen-bond donors (Lipinski definition) is 1. The molecule has 2 heterocycles. The number of nitrogens with zero attached hydrogens (tertiary/aromatic N) is 4. The van der Waals surface area contributed by atoms with E-state index in [4.69, 9.17) is 10.2 Å². The molecule has 0 bridgehead atoms. The second kappa shape index (κ2) is 5.88. The summed E-state index contributed by atoms with van der Waals surface area (Å²) in [6.07, 6.45) is 4.26. The van der Waals surface area contributed by atoms with Crippen molar-refractivity contribution >= 4 is 0 Å². The van der Waals surface area contributed by atoms with Crippen LogP contribution in [0.5, 0.6) is 0 Å². The number of benzene rings is 1. The van der Waals surface area contributed by atoms with Crippen molar-refractivity contribution in [2.45, 2.75) is 19.9 Å². The zero-order chi connectivity index (χ0) is 14.7. The molecule has 0 saturated carbocycles. The first kappa shape index (κ1) is 13.5. The molecule has 0 amide bonds. The van der Waals surface area contributed by atoms with Crippen molar-refractivity contribution in [3.8, 4) is 11.5 Å². The Balaban J connectivity index is 1.73. The molecule has 108 valence electrons. The molecular formula is C15H17N5O. The van der Waals surface area contributed by atoms with Crippen LogP contribution in [-0.2, 0) is 13.0 Å². The maximum atomic E-state index is 5.52. The van der Waals surface area contributed by atoms with Crippen LogP contribution in [0.25, 0.3) is 11.5 Å². The van der Waals surface area contributed by atoms with Gasteiger partial charge in [0.1, 0.15) is 12.0 Å². The monoisotopic (exact) mass is 283 g/mol. The third kappa shape index (κ3) is 3.17. The molecule has 1 aromatic carbocycles. The summed E-state index contributed by atoms with van der Waals surface area (Å²) in [6.45, 7) is 3.15. The molecule has 0 saturated heterocycles. The number of rotatable bonds is 5. The van der Waals surface area contributed by atoms with Gasteiger partial charge in [-0.1, -0.05) is 22.9 Å². The Labute approximate surface area is 122 Å². The number of aryl methyl sites for hydroxylation is 1. The Kier molecular flexibility index (Phi) is 3.79. The van der Waals surface area contributed by atoms with Gasteiger partial charge in [-0.15, -0.1) is 5.10 Å². The Morgan fingerprint density at radius 3 is 2.76 bits per heavy atom. The van der Waals surface area contributed by atoms with Crippen LogP contribution in [0.1, 0.15) is 17.0 Å². The van der Waals surface area contributed by atoms with Crippen LogP contribution < -0.4 is 5.73 Å². The summed E-state index contributed by atoms with van der Waals surface area (Å²) < 4.78 is 7.26. The smallest absolute Gasteiger partial charge is 0.226 e. The highest BCUT2D eigenvalue weighted by molar-refractivity contribution is 5.53. The van der Waals surface area contributed by atoms with Gasteiger partial charge in [-0.05, 0) is 25.6 Å². The van der Waals surface area contributed by atoms with Crippen molar-refractivity contribution < 1.29 is 4.42 Å². The Hall–Kier alpha value is -2.47. The van der Waals surface area contributed by atoms with E-state index >= 15 is 0 Å². The molecule has 0 fully saturated rings. The summed E-state index contributed by atoms with van der Waals surface area (Å²) in [5.74, 6) is 0.618. The van der Waals surface area contributed by atoms with Crippen molar-refractivity contribution in [1.29, 1.82) is 0 Å². The van der Waals surface area contributed by atoms with Gasteiger partial charge >= 0.3 is 0 Å². The first-order valence-corrected chi connectivity index (χ1v) is 6.85. The summed E-state index contributed by atoms with van der Waals surface area (Å²) >= 11 is 0. The SMILES string of the molecule is Cc1ccc(-c2nc(Cn3cc(CCN)nn3)co2)cc1.